The highest BCUT2D eigenvalue weighted by molar-refractivity contribution is 6.32. The molecule has 0 unspecified atom stereocenters. The topological polar surface area (TPSA) is 27.1 Å². The summed E-state index contributed by atoms with van der Waals surface area (Å²) in [5.41, 5.74) is 2.33. The molecule has 0 aliphatic carbocycles. The number of aromatic nitrogens is 2. The number of aryl methyl sites for hydroxylation is 1. The van der Waals surface area contributed by atoms with Crippen molar-refractivity contribution in [3.63, 3.8) is 0 Å². The highest BCUT2D eigenvalue weighted by Crippen LogP contribution is 2.27. The van der Waals surface area contributed by atoms with Gasteiger partial charge in [0.15, 0.2) is 0 Å². The van der Waals surface area contributed by atoms with Crippen LogP contribution >= 0.6 is 11.6 Å². The second-order valence-electron chi connectivity index (χ2n) is 6.19. The standard InChI is InChI=1S/C22H18ClFN2O/c23-17-9-2-6-13-21(17)27-15-7-14-26-20-12-5-4-11-19(20)25-22(26)16-8-1-3-10-18(16)24/h1-6,8-13H,7,14-15H2. The molecule has 0 N–H and O–H groups in total. The van der Waals surface area contributed by atoms with Crippen LogP contribution in [0.2, 0.25) is 5.02 Å². The fraction of sp³-hybridized carbons (Fsp3) is 0.136. The van der Waals surface area contributed by atoms with Crippen LogP contribution < -0.4 is 4.74 Å². The van der Waals surface area contributed by atoms with Crippen molar-refractivity contribution in [1.82, 2.24) is 9.55 Å². The van der Waals surface area contributed by atoms with Gasteiger partial charge in [-0.15, -0.1) is 0 Å². The van der Waals surface area contributed by atoms with Crippen LogP contribution in [-0.2, 0) is 6.54 Å². The fourth-order valence-corrected chi connectivity index (χ4v) is 3.31. The lowest BCUT2D eigenvalue weighted by Crippen LogP contribution is -2.06. The van der Waals surface area contributed by atoms with Crippen molar-refractivity contribution in [3.8, 4) is 17.1 Å². The number of benzene rings is 3. The second kappa shape index (κ2) is 7.80. The first-order chi connectivity index (χ1) is 13.2. The van der Waals surface area contributed by atoms with Crippen molar-refractivity contribution in [2.24, 2.45) is 0 Å². The molecule has 0 radical (unpaired) electrons. The monoisotopic (exact) mass is 380 g/mol. The lowest BCUT2D eigenvalue weighted by atomic mass is 10.2. The van der Waals surface area contributed by atoms with E-state index in [4.69, 9.17) is 16.3 Å². The molecule has 0 saturated carbocycles. The molecule has 0 aliphatic heterocycles. The van der Waals surface area contributed by atoms with Gasteiger partial charge in [-0.1, -0.05) is 48.0 Å². The smallest absolute Gasteiger partial charge is 0.144 e. The van der Waals surface area contributed by atoms with E-state index in [0.29, 0.717) is 35.3 Å². The summed E-state index contributed by atoms with van der Waals surface area (Å²) in [5.74, 6) is 1.03. The van der Waals surface area contributed by atoms with Gasteiger partial charge in [-0.05, 0) is 42.8 Å². The third-order valence-electron chi connectivity index (χ3n) is 4.39. The van der Waals surface area contributed by atoms with Crippen LogP contribution in [0.25, 0.3) is 22.4 Å². The summed E-state index contributed by atoms with van der Waals surface area (Å²) in [4.78, 5) is 4.66. The summed E-state index contributed by atoms with van der Waals surface area (Å²) in [5, 5.41) is 0.595. The molecule has 4 aromatic rings. The zero-order chi connectivity index (χ0) is 18.6. The molecule has 3 nitrogen and oxygen atoms in total. The molecule has 3 aromatic carbocycles. The molecule has 0 aliphatic rings. The van der Waals surface area contributed by atoms with Gasteiger partial charge in [-0.3, -0.25) is 0 Å². The zero-order valence-electron chi connectivity index (χ0n) is 14.6. The first-order valence-corrected chi connectivity index (χ1v) is 9.19. The van der Waals surface area contributed by atoms with Crippen molar-refractivity contribution in [3.05, 3.63) is 83.6 Å². The van der Waals surface area contributed by atoms with Crippen LogP contribution in [0.15, 0.2) is 72.8 Å². The Balaban J connectivity index is 1.58. The molecule has 1 heterocycles. The minimum atomic E-state index is -0.277. The summed E-state index contributed by atoms with van der Waals surface area (Å²) in [6.07, 6.45) is 0.743. The van der Waals surface area contributed by atoms with Gasteiger partial charge in [0.25, 0.3) is 0 Å². The number of nitrogens with zero attached hydrogens (tertiary/aromatic N) is 2. The van der Waals surface area contributed by atoms with Crippen molar-refractivity contribution in [2.75, 3.05) is 6.61 Å². The van der Waals surface area contributed by atoms with Gasteiger partial charge >= 0.3 is 0 Å². The molecule has 0 bridgehead atoms. The second-order valence-corrected chi connectivity index (χ2v) is 6.60. The predicted molar refractivity (Wildman–Crippen MR) is 107 cm³/mol. The van der Waals surface area contributed by atoms with Gasteiger partial charge in [0.1, 0.15) is 17.4 Å². The average molecular weight is 381 g/mol. The Kier molecular flexibility index (Phi) is 5.07. The van der Waals surface area contributed by atoms with Gasteiger partial charge in [-0.2, -0.15) is 0 Å². The summed E-state index contributed by atoms with van der Waals surface area (Å²) < 4.78 is 22.2. The van der Waals surface area contributed by atoms with Crippen LogP contribution in [0.4, 0.5) is 4.39 Å². The maximum Gasteiger partial charge on any atom is 0.144 e. The summed E-state index contributed by atoms with van der Waals surface area (Å²) in [6.45, 7) is 1.17. The Labute approximate surface area is 162 Å². The van der Waals surface area contributed by atoms with Crippen molar-refractivity contribution >= 4 is 22.6 Å². The number of para-hydroxylation sites is 3. The molecule has 0 atom stereocenters. The van der Waals surface area contributed by atoms with Crippen LogP contribution in [-0.4, -0.2) is 16.2 Å². The number of hydrogen-bond acceptors (Lipinski definition) is 2. The van der Waals surface area contributed by atoms with Gasteiger partial charge in [0.05, 0.1) is 28.2 Å². The lowest BCUT2D eigenvalue weighted by molar-refractivity contribution is 0.303. The molecule has 27 heavy (non-hydrogen) atoms. The van der Waals surface area contributed by atoms with Crippen LogP contribution in [0.3, 0.4) is 0 Å². The van der Waals surface area contributed by atoms with Gasteiger partial charge < -0.3 is 9.30 Å². The molecule has 5 heteroatoms. The van der Waals surface area contributed by atoms with Crippen LogP contribution in [0.5, 0.6) is 5.75 Å². The number of ether oxygens (including phenoxy) is 1. The van der Waals surface area contributed by atoms with Gasteiger partial charge in [0.2, 0.25) is 0 Å². The first kappa shape index (κ1) is 17.6. The van der Waals surface area contributed by atoms with Crippen molar-refractivity contribution < 1.29 is 9.13 Å². The van der Waals surface area contributed by atoms with E-state index in [-0.39, 0.29) is 5.82 Å². The highest BCUT2D eigenvalue weighted by atomic mass is 35.5. The number of halogens is 2. The predicted octanol–water partition coefficient (Wildman–Crippen LogP) is 5.96. The third-order valence-corrected chi connectivity index (χ3v) is 4.70. The Morgan fingerprint density at radius 3 is 2.52 bits per heavy atom. The molecule has 1 aromatic heterocycles. The van der Waals surface area contributed by atoms with E-state index in [1.54, 1.807) is 18.2 Å². The normalized spacial score (nSPS) is 11.0. The van der Waals surface area contributed by atoms with E-state index >= 15 is 0 Å². The molecule has 136 valence electrons. The van der Waals surface area contributed by atoms with E-state index in [2.05, 4.69) is 4.98 Å². The van der Waals surface area contributed by atoms with E-state index in [0.717, 1.165) is 17.5 Å². The van der Waals surface area contributed by atoms with Crippen LogP contribution in [0.1, 0.15) is 6.42 Å². The molecule has 0 fully saturated rings. The number of fused-ring (bicyclic) bond motifs is 1. The fourth-order valence-electron chi connectivity index (χ4n) is 3.12. The van der Waals surface area contributed by atoms with Crippen LogP contribution in [0, 0.1) is 5.82 Å². The minimum absolute atomic E-state index is 0.277. The summed E-state index contributed by atoms with van der Waals surface area (Å²) in [6, 6.07) is 22.0. The minimum Gasteiger partial charge on any atom is -0.492 e. The van der Waals surface area contributed by atoms with E-state index in [1.165, 1.54) is 6.07 Å². The molecular formula is C22H18ClFN2O. The van der Waals surface area contributed by atoms with Gasteiger partial charge in [-0.25, -0.2) is 9.37 Å². The molecule has 0 saturated heterocycles. The zero-order valence-corrected chi connectivity index (χ0v) is 15.4. The first-order valence-electron chi connectivity index (χ1n) is 8.81. The number of imidazole rings is 1. The van der Waals surface area contributed by atoms with E-state index in [1.807, 2.05) is 53.1 Å². The van der Waals surface area contributed by atoms with E-state index in [9.17, 15) is 4.39 Å². The Bertz CT molecular complexity index is 1080. The Morgan fingerprint density at radius 2 is 1.67 bits per heavy atom. The molecular weight excluding hydrogens is 363 g/mol. The average Bonchev–Trinajstić information content (AvgIpc) is 3.05. The molecule has 0 spiro atoms. The SMILES string of the molecule is Fc1ccccc1-c1nc2ccccc2n1CCCOc1ccccc1Cl. The maximum absolute atomic E-state index is 14.3. The number of rotatable bonds is 6. The summed E-state index contributed by atoms with van der Waals surface area (Å²) in [7, 11) is 0. The number of hydrogen-bond donors (Lipinski definition) is 0. The molecule has 4 rings (SSSR count). The largest absolute Gasteiger partial charge is 0.492 e. The Hall–Kier alpha value is -2.85. The Morgan fingerprint density at radius 1 is 0.926 bits per heavy atom. The lowest BCUT2D eigenvalue weighted by Gasteiger charge is -2.11. The quantitative estimate of drug-likeness (QED) is 0.385. The maximum atomic E-state index is 14.3. The third kappa shape index (κ3) is 3.67. The van der Waals surface area contributed by atoms with E-state index < -0.39 is 0 Å². The summed E-state index contributed by atoms with van der Waals surface area (Å²) >= 11 is 6.12. The van der Waals surface area contributed by atoms with Crippen molar-refractivity contribution in [1.29, 1.82) is 0 Å². The highest BCUT2D eigenvalue weighted by Gasteiger charge is 2.15. The van der Waals surface area contributed by atoms with Gasteiger partial charge in [0, 0.05) is 6.54 Å². The molecule has 0 amide bonds. The van der Waals surface area contributed by atoms with Crippen molar-refractivity contribution in [2.45, 2.75) is 13.0 Å².